The van der Waals surface area contributed by atoms with E-state index in [4.69, 9.17) is 4.74 Å². The highest BCUT2D eigenvalue weighted by molar-refractivity contribution is 7.79. The maximum Gasteiger partial charge on any atom is 0.222 e. The molecule has 1 aromatic rings. The molecule has 0 saturated carbocycles. The predicted molar refractivity (Wildman–Crippen MR) is 117 cm³/mol. The molecule has 0 radical (unpaired) electrons. The maximum absolute atomic E-state index is 11.8. The highest BCUT2D eigenvalue weighted by Gasteiger charge is 2.06. The molecular weight excluding hydrogens is 380 g/mol. The Bertz CT molecular complexity index is 595. The number of rotatable bonds is 13. The topological polar surface area (TPSA) is 67.4 Å². The minimum Gasteiger partial charge on any atom is -0.492 e. The zero-order chi connectivity index (χ0) is 20.1. The SMILES string of the molecule is CC(C)C(=O)NCCCCCC(=O)NCCOc1ccc(CS)c(CS)c1. The third-order valence-electron chi connectivity index (χ3n) is 4.12. The number of hydrogen-bond donors (Lipinski definition) is 4. The van der Waals surface area contributed by atoms with Crippen molar-refractivity contribution in [3.05, 3.63) is 29.3 Å². The van der Waals surface area contributed by atoms with Crippen LogP contribution < -0.4 is 15.4 Å². The van der Waals surface area contributed by atoms with Crippen LogP contribution >= 0.6 is 25.3 Å². The van der Waals surface area contributed by atoms with E-state index in [1.807, 2.05) is 32.0 Å². The highest BCUT2D eigenvalue weighted by Crippen LogP contribution is 2.20. The summed E-state index contributed by atoms with van der Waals surface area (Å²) in [5, 5.41) is 5.75. The van der Waals surface area contributed by atoms with Crippen LogP contribution in [0, 0.1) is 5.92 Å². The fourth-order valence-electron chi connectivity index (χ4n) is 2.44. The second kappa shape index (κ2) is 13.8. The number of ether oxygens (including phenoxy) is 1. The van der Waals surface area contributed by atoms with E-state index >= 15 is 0 Å². The molecule has 7 heteroatoms. The van der Waals surface area contributed by atoms with Gasteiger partial charge in [0.2, 0.25) is 11.8 Å². The van der Waals surface area contributed by atoms with E-state index in [0.717, 1.165) is 36.1 Å². The van der Waals surface area contributed by atoms with Crippen molar-refractivity contribution >= 4 is 37.1 Å². The molecule has 2 N–H and O–H groups in total. The van der Waals surface area contributed by atoms with Crippen molar-refractivity contribution in [2.75, 3.05) is 19.7 Å². The van der Waals surface area contributed by atoms with E-state index in [1.165, 1.54) is 0 Å². The fourth-order valence-corrected chi connectivity index (χ4v) is 3.05. The number of unbranched alkanes of at least 4 members (excludes halogenated alkanes) is 2. The Morgan fingerprint density at radius 1 is 1.00 bits per heavy atom. The highest BCUT2D eigenvalue weighted by atomic mass is 32.1. The van der Waals surface area contributed by atoms with Crippen molar-refractivity contribution in [3.8, 4) is 5.75 Å². The first kappa shape index (κ1) is 23.7. The molecule has 152 valence electrons. The summed E-state index contributed by atoms with van der Waals surface area (Å²) in [4.78, 5) is 23.2. The van der Waals surface area contributed by atoms with Crippen LogP contribution in [0.4, 0.5) is 0 Å². The van der Waals surface area contributed by atoms with Gasteiger partial charge in [-0.25, -0.2) is 0 Å². The van der Waals surface area contributed by atoms with Crippen LogP contribution in [0.25, 0.3) is 0 Å². The van der Waals surface area contributed by atoms with Gasteiger partial charge in [-0.2, -0.15) is 25.3 Å². The zero-order valence-corrected chi connectivity index (χ0v) is 18.1. The molecular formula is C20H32N2O3S2. The number of carbonyl (C=O) groups is 2. The van der Waals surface area contributed by atoms with Crippen LogP contribution in [0.1, 0.15) is 50.7 Å². The maximum atomic E-state index is 11.8. The van der Waals surface area contributed by atoms with Crippen molar-refractivity contribution in [1.29, 1.82) is 0 Å². The van der Waals surface area contributed by atoms with Gasteiger partial charge in [0.15, 0.2) is 0 Å². The molecule has 0 bridgehead atoms. The molecule has 2 amide bonds. The van der Waals surface area contributed by atoms with E-state index in [1.54, 1.807) is 0 Å². The van der Waals surface area contributed by atoms with Gasteiger partial charge < -0.3 is 15.4 Å². The normalized spacial score (nSPS) is 10.7. The lowest BCUT2D eigenvalue weighted by molar-refractivity contribution is -0.124. The lowest BCUT2D eigenvalue weighted by Gasteiger charge is -2.11. The molecule has 0 aromatic heterocycles. The summed E-state index contributed by atoms with van der Waals surface area (Å²) in [6, 6.07) is 5.88. The second-order valence-corrected chi connectivity index (χ2v) is 7.33. The van der Waals surface area contributed by atoms with Crippen LogP contribution in [-0.4, -0.2) is 31.5 Å². The van der Waals surface area contributed by atoms with Crippen molar-refractivity contribution in [1.82, 2.24) is 10.6 Å². The molecule has 0 aliphatic rings. The van der Waals surface area contributed by atoms with Gasteiger partial charge in [0, 0.05) is 30.4 Å². The Labute approximate surface area is 173 Å². The minimum atomic E-state index is 0.0170. The van der Waals surface area contributed by atoms with Crippen molar-refractivity contribution in [3.63, 3.8) is 0 Å². The Morgan fingerprint density at radius 3 is 2.41 bits per heavy atom. The van der Waals surface area contributed by atoms with Gasteiger partial charge in [0.25, 0.3) is 0 Å². The fraction of sp³-hybridized carbons (Fsp3) is 0.600. The van der Waals surface area contributed by atoms with Crippen LogP contribution in [0.5, 0.6) is 5.75 Å². The third-order valence-corrected chi connectivity index (χ3v) is 4.80. The average Bonchev–Trinajstić information content (AvgIpc) is 2.67. The molecule has 0 atom stereocenters. The number of amides is 2. The van der Waals surface area contributed by atoms with Crippen LogP contribution in [0.2, 0.25) is 0 Å². The summed E-state index contributed by atoms with van der Waals surface area (Å²) in [6.45, 7) is 5.33. The molecule has 0 spiro atoms. The number of thiol groups is 2. The average molecular weight is 413 g/mol. The van der Waals surface area contributed by atoms with Gasteiger partial charge in [-0.1, -0.05) is 26.3 Å². The number of carbonyl (C=O) groups excluding carboxylic acids is 2. The first-order valence-corrected chi connectivity index (χ1v) is 10.7. The molecule has 5 nitrogen and oxygen atoms in total. The summed E-state index contributed by atoms with van der Waals surface area (Å²) < 4.78 is 5.68. The van der Waals surface area contributed by atoms with Crippen molar-refractivity contribution in [2.24, 2.45) is 5.92 Å². The Hall–Kier alpha value is -1.34. The molecule has 27 heavy (non-hydrogen) atoms. The van der Waals surface area contributed by atoms with Gasteiger partial charge in [0.05, 0.1) is 6.54 Å². The summed E-state index contributed by atoms with van der Waals surface area (Å²) in [5.41, 5.74) is 2.26. The van der Waals surface area contributed by atoms with E-state index < -0.39 is 0 Å². The first-order chi connectivity index (χ1) is 13.0. The van der Waals surface area contributed by atoms with E-state index in [0.29, 0.717) is 37.6 Å². The lowest BCUT2D eigenvalue weighted by atomic mass is 10.1. The third kappa shape index (κ3) is 9.96. The van der Waals surface area contributed by atoms with E-state index in [9.17, 15) is 9.59 Å². The molecule has 0 heterocycles. The Balaban J connectivity index is 2.10. The molecule has 0 fully saturated rings. The largest absolute Gasteiger partial charge is 0.492 e. The van der Waals surface area contributed by atoms with Gasteiger partial charge >= 0.3 is 0 Å². The minimum absolute atomic E-state index is 0.0170. The van der Waals surface area contributed by atoms with Gasteiger partial charge in [-0.15, -0.1) is 0 Å². The Kier molecular flexibility index (Phi) is 12.1. The van der Waals surface area contributed by atoms with E-state index in [-0.39, 0.29) is 17.7 Å². The Morgan fingerprint density at radius 2 is 1.74 bits per heavy atom. The van der Waals surface area contributed by atoms with Crippen LogP contribution in [0.3, 0.4) is 0 Å². The molecule has 0 saturated heterocycles. The molecule has 1 rings (SSSR count). The summed E-state index contributed by atoms with van der Waals surface area (Å²) in [7, 11) is 0. The number of nitrogens with one attached hydrogen (secondary N) is 2. The molecule has 0 aliphatic heterocycles. The number of benzene rings is 1. The predicted octanol–water partition coefficient (Wildman–Crippen LogP) is 3.37. The first-order valence-electron chi connectivity index (χ1n) is 9.48. The number of hydrogen-bond acceptors (Lipinski definition) is 5. The molecule has 1 aromatic carbocycles. The standard InChI is InChI=1S/C20H32N2O3S2/c1-15(2)20(24)22-9-5-3-4-6-19(23)21-10-11-25-18-8-7-16(13-26)17(12-18)14-27/h7-8,12,15,26-27H,3-6,9-11,13-14H2,1-2H3,(H,21,23)(H,22,24). The quantitative estimate of drug-likeness (QED) is 0.297. The smallest absolute Gasteiger partial charge is 0.222 e. The lowest BCUT2D eigenvalue weighted by Crippen LogP contribution is -2.29. The molecule has 0 aliphatic carbocycles. The van der Waals surface area contributed by atoms with Gasteiger partial charge in [-0.3, -0.25) is 9.59 Å². The second-order valence-electron chi connectivity index (χ2n) is 6.70. The summed E-state index contributed by atoms with van der Waals surface area (Å²) >= 11 is 8.62. The van der Waals surface area contributed by atoms with E-state index in [2.05, 4.69) is 35.9 Å². The van der Waals surface area contributed by atoms with Gasteiger partial charge in [0.1, 0.15) is 12.4 Å². The van der Waals surface area contributed by atoms with Crippen LogP contribution in [0.15, 0.2) is 18.2 Å². The van der Waals surface area contributed by atoms with Crippen molar-refractivity contribution in [2.45, 2.75) is 51.0 Å². The van der Waals surface area contributed by atoms with Gasteiger partial charge in [-0.05, 0) is 36.1 Å². The van der Waals surface area contributed by atoms with Crippen LogP contribution in [-0.2, 0) is 21.1 Å². The summed E-state index contributed by atoms with van der Waals surface area (Å²) in [5.74, 6) is 2.23. The van der Waals surface area contributed by atoms with Crippen molar-refractivity contribution < 1.29 is 14.3 Å². The monoisotopic (exact) mass is 412 g/mol. The summed E-state index contributed by atoms with van der Waals surface area (Å²) in [6.07, 6.45) is 3.14. The zero-order valence-electron chi connectivity index (χ0n) is 16.3. The molecule has 0 unspecified atom stereocenters.